The second-order valence-corrected chi connectivity index (χ2v) is 8.50. The van der Waals surface area contributed by atoms with Crippen molar-refractivity contribution >= 4 is 23.2 Å². The molecule has 3 heteroatoms. The molecule has 0 atom stereocenters. The molecule has 1 nitrogen and oxygen atoms in total. The first-order valence-electron chi connectivity index (χ1n) is 3.45. The van der Waals surface area contributed by atoms with E-state index in [4.69, 9.17) is 4.74 Å². The Kier molecular flexibility index (Phi) is 6.34. The number of rotatable bonds is 2. The summed E-state index contributed by atoms with van der Waals surface area (Å²) < 4.78 is 6.59. The molecule has 0 N–H and O–H groups in total. The van der Waals surface area contributed by atoms with Gasteiger partial charge in [0.25, 0.3) is 0 Å². The Bertz CT molecular complexity index is 220. The summed E-state index contributed by atoms with van der Waals surface area (Å²) >= 11 is -0.888. The van der Waals surface area contributed by atoms with Gasteiger partial charge < -0.3 is 24.0 Å². The predicted octanol–water partition coefficient (Wildman–Crippen LogP) is -1.34. The van der Waals surface area contributed by atoms with Crippen molar-refractivity contribution in [3.63, 3.8) is 0 Å². The fourth-order valence-corrected chi connectivity index (χ4v) is 2.79. The first kappa shape index (κ1) is 12.5. The molecule has 0 spiro atoms. The molecule has 1 aromatic rings. The van der Waals surface area contributed by atoms with Crippen molar-refractivity contribution in [2.24, 2.45) is 0 Å². The molecular weight excluding hydrogens is 379 g/mol. The Morgan fingerprint density at radius 1 is 1.08 bits per heavy atom. The fourth-order valence-electron chi connectivity index (χ4n) is 0.848. The van der Waals surface area contributed by atoms with Gasteiger partial charge in [-0.05, 0) is 0 Å². The smallest absolute Gasteiger partial charge is 1.00 e. The molecule has 1 aromatic carbocycles. The van der Waals surface area contributed by atoms with Gasteiger partial charge in [0, 0.05) is 0 Å². The maximum absolute atomic E-state index is 5.07. The van der Waals surface area contributed by atoms with E-state index < -0.39 is 19.6 Å². The zero-order chi connectivity index (χ0) is 8.27. The summed E-state index contributed by atoms with van der Waals surface area (Å²) in [5.41, 5.74) is 0. The number of halogens is 1. The van der Waals surface area contributed by atoms with Gasteiger partial charge in [-0.15, -0.1) is 0 Å². The SMILES string of the molecule is COc1ccc([Te+](C)C)cc1.[I-]. The van der Waals surface area contributed by atoms with Crippen molar-refractivity contribution in [1.29, 1.82) is 0 Å². The molecule has 0 aliphatic carbocycles. The average Bonchev–Trinajstić information content (AvgIpc) is 2.05. The minimum Gasteiger partial charge on any atom is -1.00 e. The zero-order valence-corrected chi connectivity index (χ0v) is 12.0. The van der Waals surface area contributed by atoms with Gasteiger partial charge >= 0.3 is 75.0 Å². The fraction of sp³-hybridized carbons (Fsp3) is 0.333. The van der Waals surface area contributed by atoms with Crippen LogP contribution in [-0.2, 0) is 0 Å². The van der Waals surface area contributed by atoms with Gasteiger partial charge in [-0.2, -0.15) is 0 Å². The molecule has 0 unspecified atom stereocenters. The number of benzene rings is 1. The Morgan fingerprint density at radius 3 is 1.92 bits per heavy atom. The Morgan fingerprint density at radius 2 is 1.58 bits per heavy atom. The van der Waals surface area contributed by atoms with Gasteiger partial charge in [-0.1, -0.05) is 0 Å². The summed E-state index contributed by atoms with van der Waals surface area (Å²) in [7, 11) is 1.70. The van der Waals surface area contributed by atoms with Crippen LogP contribution in [0.3, 0.4) is 0 Å². The summed E-state index contributed by atoms with van der Waals surface area (Å²) in [4.78, 5) is 4.70. The topological polar surface area (TPSA) is 9.23 Å². The van der Waals surface area contributed by atoms with Crippen molar-refractivity contribution in [3.8, 4) is 5.75 Å². The molecule has 0 aliphatic rings. The summed E-state index contributed by atoms with van der Waals surface area (Å²) in [6.07, 6.45) is 0. The summed E-state index contributed by atoms with van der Waals surface area (Å²) in [5, 5.41) is 0. The molecule has 0 radical (unpaired) electrons. The van der Waals surface area contributed by atoms with Crippen molar-refractivity contribution < 1.29 is 28.7 Å². The Labute approximate surface area is 98.2 Å². The molecule has 0 aliphatic heterocycles. The third kappa shape index (κ3) is 3.51. The molecule has 0 bridgehead atoms. The Balaban J connectivity index is 0.00000121. The average molecular weight is 392 g/mol. The molecule has 12 heavy (non-hydrogen) atoms. The third-order valence-corrected chi connectivity index (χ3v) is 5.00. The van der Waals surface area contributed by atoms with Gasteiger partial charge in [0.2, 0.25) is 0 Å². The van der Waals surface area contributed by atoms with E-state index in [0.29, 0.717) is 0 Å². The van der Waals surface area contributed by atoms with Crippen LogP contribution >= 0.6 is 0 Å². The molecule has 0 amide bonds. The van der Waals surface area contributed by atoms with Crippen LogP contribution in [0.1, 0.15) is 0 Å². The van der Waals surface area contributed by atoms with Gasteiger partial charge in [0.15, 0.2) is 0 Å². The standard InChI is InChI=1S/C9H13OTe.HI/c1-10-8-4-6-9(7-5-8)11(2)3;/h4-7H,1-3H3;1H/q+1;/p-1. The van der Waals surface area contributed by atoms with Crippen LogP contribution in [0.5, 0.6) is 5.75 Å². The van der Waals surface area contributed by atoms with E-state index in [1.54, 1.807) is 7.11 Å². The second kappa shape index (κ2) is 6.06. The third-order valence-electron chi connectivity index (χ3n) is 1.53. The summed E-state index contributed by atoms with van der Waals surface area (Å²) in [6.45, 7) is 0. The molecule has 0 fully saturated rings. The largest absolute Gasteiger partial charge is 1.00 e. The van der Waals surface area contributed by atoms with Gasteiger partial charge in [-0.25, -0.2) is 0 Å². The van der Waals surface area contributed by atoms with E-state index in [-0.39, 0.29) is 24.0 Å². The van der Waals surface area contributed by atoms with Crippen LogP contribution in [0.4, 0.5) is 0 Å². The van der Waals surface area contributed by atoms with Crippen LogP contribution in [-0.4, -0.2) is 26.7 Å². The quantitative estimate of drug-likeness (QED) is 0.448. The molecule has 1 rings (SSSR count). The van der Waals surface area contributed by atoms with Crippen molar-refractivity contribution in [3.05, 3.63) is 24.3 Å². The number of methoxy groups -OCH3 is 1. The maximum atomic E-state index is 5.07. The second-order valence-electron chi connectivity index (χ2n) is 2.49. The normalized spacial score (nSPS) is 9.33. The van der Waals surface area contributed by atoms with Gasteiger partial charge in [0.05, 0.1) is 0 Å². The van der Waals surface area contributed by atoms with E-state index >= 15 is 0 Å². The first-order valence-corrected chi connectivity index (χ1v) is 9.28. The van der Waals surface area contributed by atoms with Crippen LogP contribution in [0, 0.1) is 0 Å². The summed E-state index contributed by atoms with van der Waals surface area (Å²) in [5.74, 6) is 0.953. The van der Waals surface area contributed by atoms with E-state index in [1.807, 2.05) is 12.1 Å². The van der Waals surface area contributed by atoms with Crippen LogP contribution < -0.4 is 32.3 Å². The molecular formula is C9H13IOTe. The first-order chi connectivity index (χ1) is 5.24. The number of hydrogen-bond acceptors (Lipinski definition) is 1. The van der Waals surface area contributed by atoms with Crippen molar-refractivity contribution in [2.75, 3.05) is 7.11 Å². The van der Waals surface area contributed by atoms with Crippen LogP contribution in [0.2, 0.25) is 9.94 Å². The van der Waals surface area contributed by atoms with Gasteiger partial charge in [0.1, 0.15) is 0 Å². The predicted molar refractivity (Wildman–Crippen MR) is 50.1 cm³/mol. The van der Waals surface area contributed by atoms with E-state index in [0.717, 1.165) is 5.75 Å². The molecule has 68 valence electrons. The molecule has 0 heterocycles. The zero-order valence-electron chi connectivity index (χ0n) is 7.50. The van der Waals surface area contributed by atoms with E-state index in [9.17, 15) is 0 Å². The minimum atomic E-state index is -0.888. The van der Waals surface area contributed by atoms with Crippen molar-refractivity contribution in [2.45, 2.75) is 9.94 Å². The molecule has 0 saturated heterocycles. The monoisotopic (exact) mass is 394 g/mol. The van der Waals surface area contributed by atoms with Crippen LogP contribution in [0.25, 0.3) is 0 Å². The molecule has 0 saturated carbocycles. The van der Waals surface area contributed by atoms with Crippen molar-refractivity contribution in [1.82, 2.24) is 0 Å². The van der Waals surface area contributed by atoms with E-state index in [1.165, 1.54) is 3.61 Å². The summed E-state index contributed by atoms with van der Waals surface area (Å²) in [6, 6.07) is 8.43. The number of ether oxygens (including phenoxy) is 1. The Hall–Kier alpha value is 0.540. The maximum Gasteiger partial charge on any atom is -1.00 e. The minimum absolute atomic E-state index is 0. The van der Waals surface area contributed by atoms with E-state index in [2.05, 4.69) is 22.1 Å². The molecule has 0 aromatic heterocycles. The number of hydrogen-bond donors (Lipinski definition) is 0. The van der Waals surface area contributed by atoms with Crippen LogP contribution in [0.15, 0.2) is 24.3 Å². The van der Waals surface area contributed by atoms with Gasteiger partial charge in [-0.3, -0.25) is 0 Å².